The maximum atomic E-state index is 5.90. The minimum atomic E-state index is 0.0931. The van der Waals surface area contributed by atoms with Gasteiger partial charge in [-0.3, -0.25) is 0 Å². The summed E-state index contributed by atoms with van der Waals surface area (Å²) in [5.41, 5.74) is 1.19. The van der Waals surface area contributed by atoms with Gasteiger partial charge in [-0.25, -0.2) is 0 Å². The molecule has 2 rings (SSSR count). The highest BCUT2D eigenvalue weighted by Crippen LogP contribution is 2.26. The van der Waals surface area contributed by atoms with Crippen molar-refractivity contribution >= 4 is 0 Å². The SMILES string of the molecule is CCCOc1ccc(C(NCC)c2ccc(CC)o2)cc1. The molecule has 0 fully saturated rings. The van der Waals surface area contributed by atoms with Gasteiger partial charge in [-0.1, -0.05) is 32.9 Å². The average Bonchev–Trinajstić information content (AvgIpc) is 3.00. The zero-order valence-electron chi connectivity index (χ0n) is 13.2. The number of aryl methyl sites for hydroxylation is 1. The van der Waals surface area contributed by atoms with Crippen molar-refractivity contribution in [2.45, 2.75) is 39.7 Å². The molecule has 1 aromatic heterocycles. The van der Waals surface area contributed by atoms with Crippen LogP contribution in [-0.2, 0) is 6.42 Å². The topological polar surface area (TPSA) is 34.4 Å². The molecule has 1 heterocycles. The van der Waals surface area contributed by atoms with Crippen LogP contribution in [0.1, 0.15) is 50.3 Å². The number of rotatable bonds is 8. The Balaban J connectivity index is 2.17. The number of nitrogens with one attached hydrogen (secondary N) is 1. The molecule has 3 nitrogen and oxygen atoms in total. The summed E-state index contributed by atoms with van der Waals surface area (Å²) in [5, 5.41) is 3.48. The third-order valence-electron chi connectivity index (χ3n) is 3.41. The van der Waals surface area contributed by atoms with E-state index in [2.05, 4.69) is 50.4 Å². The van der Waals surface area contributed by atoms with Crippen LogP contribution in [-0.4, -0.2) is 13.2 Å². The predicted octanol–water partition coefficient (Wildman–Crippen LogP) is 4.33. The molecule has 114 valence electrons. The second-order valence-corrected chi connectivity index (χ2v) is 5.07. The molecule has 1 unspecified atom stereocenters. The molecule has 3 heteroatoms. The number of ether oxygens (including phenoxy) is 1. The zero-order valence-corrected chi connectivity index (χ0v) is 13.2. The Kier molecular flexibility index (Phi) is 5.88. The molecule has 0 saturated heterocycles. The van der Waals surface area contributed by atoms with Crippen molar-refractivity contribution in [1.29, 1.82) is 0 Å². The minimum absolute atomic E-state index is 0.0931. The maximum absolute atomic E-state index is 5.90. The number of benzene rings is 1. The molecule has 0 aliphatic carbocycles. The summed E-state index contributed by atoms with van der Waals surface area (Å²) in [7, 11) is 0. The molecule has 0 saturated carbocycles. The Morgan fingerprint density at radius 1 is 1.05 bits per heavy atom. The largest absolute Gasteiger partial charge is 0.494 e. The van der Waals surface area contributed by atoms with Crippen LogP contribution in [0.2, 0.25) is 0 Å². The Hall–Kier alpha value is -1.74. The quantitative estimate of drug-likeness (QED) is 0.784. The molecule has 1 aromatic carbocycles. The Morgan fingerprint density at radius 3 is 2.38 bits per heavy atom. The molecule has 1 N–H and O–H groups in total. The fraction of sp³-hybridized carbons (Fsp3) is 0.444. The van der Waals surface area contributed by atoms with E-state index < -0.39 is 0 Å². The Bertz CT molecular complexity index is 530. The number of hydrogen-bond donors (Lipinski definition) is 1. The lowest BCUT2D eigenvalue weighted by Crippen LogP contribution is -2.21. The molecular weight excluding hydrogens is 262 g/mol. The van der Waals surface area contributed by atoms with Crippen molar-refractivity contribution in [2.75, 3.05) is 13.2 Å². The first kappa shape index (κ1) is 15.6. The van der Waals surface area contributed by atoms with Crippen molar-refractivity contribution in [2.24, 2.45) is 0 Å². The van der Waals surface area contributed by atoms with E-state index in [9.17, 15) is 0 Å². The lowest BCUT2D eigenvalue weighted by atomic mass is 10.0. The number of hydrogen-bond acceptors (Lipinski definition) is 3. The van der Waals surface area contributed by atoms with E-state index in [0.717, 1.165) is 43.3 Å². The van der Waals surface area contributed by atoms with Crippen molar-refractivity contribution in [3.05, 3.63) is 53.5 Å². The summed E-state index contributed by atoms with van der Waals surface area (Å²) in [5.74, 6) is 2.91. The zero-order chi connectivity index (χ0) is 15.1. The van der Waals surface area contributed by atoms with Gasteiger partial charge in [-0.05, 0) is 42.8 Å². The normalized spacial score (nSPS) is 12.3. The molecule has 0 amide bonds. The van der Waals surface area contributed by atoms with Crippen LogP contribution in [0.15, 0.2) is 40.8 Å². The van der Waals surface area contributed by atoms with Gasteiger partial charge in [0.1, 0.15) is 17.3 Å². The van der Waals surface area contributed by atoms with Gasteiger partial charge in [0.05, 0.1) is 12.6 Å². The van der Waals surface area contributed by atoms with Gasteiger partial charge < -0.3 is 14.5 Å². The van der Waals surface area contributed by atoms with Crippen molar-refractivity contribution < 1.29 is 9.15 Å². The van der Waals surface area contributed by atoms with Crippen LogP contribution in [0, 0.1) is 0 Å². The van der Waals surface area contributed by atoms with E-state index in [0.29, 0.717) is 0 Å². The lowest BCUT2D eigenvalue weighted by molar-refractivity contribution is 0.317. The van der Waals surface area contributed by atoms with Crippen LogP contribution in [0.25, 0.3) is 0 Å². The van der Waals surface area contributed by atoms with Gasteiger partial charge in [-0.15, -0.1) is 0 Å². The third-order valence-corrected chi connectivity index (χ3v) is 3.41. The van der Waals surface area contributed by atoms with E-state index in [1.54, 1.807) is 0 Å². The average molecular weight is 287 g/mol. The van der Waals surface area contributed by atoms with E-state index in [1.165, 1.54) is 5.56 Å². The highest BCUT2D eigenvalue weighted by atomic mass is 16.5. The Labute approximate surface area is 127 Å². The molecule has 0 radical (unpaired) electrons. The van der Waals surface area contributed by atoms with E-state index in [4.69, 9.17) is 9.15 Å². The monoisotopic (exact) mass is 287 g/mol. The van der Waals surface area contributed by atoms with Crippen molar-refractivity contribution in [3.63, 3.8) is 0 Å². The molecular formula is C18H25NO2. The molecule has 0 spiro atoms. The van der Waals surface area contributed by atoms with E-state index >= 15 is 0 Å². The van der Waals surface area contributed by atoms with E-state index in [-0.39, 0.29) is 6.04 Å². The summed E-state index contributed by atoms with van der Waals surface area (Å²) >= 11 is 0. The van der Waals surface area contributed by atoms with Gasteiger partial charge in [0.25, 0.3) is 0 Å². The van der Waals surface area contributed by atoms with Crippen molar-refractivity contribution in [1.82, 2.24) is 5.32 Å². The first-order valence-corrected chi connectivity index (χ1v) is 7.83. The predicted molar refractivity (Wildman–Crippen MR) is 85.8 cm³/mol. The van der Waals surface area contributed by atoms with Gasteiger partial charge in [0, 0.05) is 6.42 Å². The highest BCUT2D eigenvalue weighted by molar-refractivity contribution is 5.33. The van der Waals surface area contributed by atoms with E-state index in [1.807, 2.05) is 12.1 Å². The summed E-state index contributed by atoms with van der Waals surface area (Å²) in [6.07, 6.45) is 1.94. The fourth-order valence-electron chi connectivity index (χ4n) is 2.30. The first-order chi connectivity index (χ1) is 10.3. The second kappa shape index (κ2) is 7.89. The van der Waals surface area contributed by atoms with Crippen LogP contribution in [0.5, 0.6) is 5.75 Å². The minimum Gasteiger partial charge on any atom is -0.494 e. The molecule has 1 atom stereocenters. The third kappa shape index (κ3) is 4.11. The molecule has 2 aromatic rings. The summed E-state index contributed by atoms with van der Waals surface area (Å²) in [6.45, 7) is 7.97. The van der Waals surface area contributed by atoms with Crippen LogP contribution in [0.4, 0.5) is 0 Å². The molecule has 0 aliphatic rings. The molecule has 21 heavy (non-hydrogen) atoms. The highest BCUT2D eigenvalue weighted by Gasteiger charge is 2.16. The van der Waals surface area contributed by atoms with Gasteiger partial charge >= 0.3 is 0 Å². The van der Waals surface area contributed by atoms with Gasteiger partial charge in [0.15, 0.2) is 0 Å². The summed E-state index contributed by atoms with van der Waals surface area (Å²) in [6, 6.07) is 12.5. The molecule has 0 bridgehead atoms. The molecule has 0 aliphatic heterocycles. The van der Waals surface area contributed by atoms with Gasteiger partial charge in [0.2, 0.25) is 0 Å². The lowest BCUT2D eigenvalue weighted by Gasteiger charge is -2.16. The second-order valence-electron chi connectivity index (χ2n) is 5.07. The van der Waals surface area contributed by atoms with Crippen LogP contribution in [0.3, 0.4) is 0 Å². The van der Waals surface area contributed by atoms with Crippen LogP contribution < -0.4 is 10.1 Å². The van der Waals surface area contributed by atoms with Crippen LogP contribution >= 0.6 is 0 Å². The number of furan rings is 1. The Morgan fingerprint density at radius 2 is 1.81 bits per heavy atom. The smallest absolute Gasteiger partial charge is 0.125 e. The first-order valence-electron chi connectivity index (χ1n) is 7.83. The van der Waals surface area contributed by atoms with Crippen molar-refractivity contribution in [3.8, 4) is 5.75 Å². The fourth-order valence-corrected chi connectivity index (χ4v) is 2.30. The maximum Gasteiger partial charge on any atom is 0.125 e. The summed E-state index contributed by atoms with van der Waals surface area (Å²) in [4.78, 5) is 0. The van der Waals surface area contributed by atoms with Gasteiger partial charge in [-0.2, -0.15) is 0 Å². The standard InChI is InChI=1S/C18H25NO2/c1-4-13-20-16-9-7-14(8-10-16)18(19-6-3)17-12-11-15(5-2)21-17/h7-12,18-19H,4-6,13H2,1-3H3. The summed E-state index contributed by atoms with van der Waals surface area (Å²) < 4.78 is 11.5.